The Labute approximate surface area is 135 Å². The first kappa shape index (κ1) is 15.9. The number of fused-ring (bicyclic) bond motifs is 1. The van der Waals surface area contributed by atoms with Gasteiger partial charge in [-0.3, -0.25) is 4.79 Å². The highest BCUT2D eigenvalue weighted by Gasteiger charge is 2.34. The first-order valence-electron chi connectivity index (χ1n) is 6.99. The van der Waals surface area contributed by atoms with Gasteiger partial charge in [-0.25, -0.2) is 0 Å². The summed E-state index contributed by atoms with van der Waals surface area (Å²) < 4.78 is 44.3. The average Bonchev–Trinajstić information content (AvgIpc) is 3.13. The third kappa shape index (κ3) is 2.92. The maximum Gasteiger partial charge on any atom is 0.449 e. The number of hydrogen-bond acceptors (Lipinski definition) is 2. The van der Waals surface area contributed by atoms with Gasteiger partial charge in [0.05, 0.1) is 6.54 Å². The zero-order chi connectivity index (χ0) is 17.5. The summed E-state index contributed by atoms with van der Waals surface area (Å²) in [6.45, 7) is 3.79. The number of alkyl halides is 3. The van der Waals surface area contributed by atoms with Crippen LogP contribution in [0.15, 0.2) is 53.6 Å². The highest BCUT2D eigenvalue weighted by atomic mass is 19.4. The van der Waals surface area contributed by atoms with Crippen molar-refractivity contribution in [3.63, 3.8) is 0 Å². The Morgan fingerprint density at radius 2 is 1.96 bits per heavy atom. The molecule has 124 valence electrons. The van der Waals surface area contributed by atoms with Crippen molar-refractivity contribution in [3.05, 3.63) is 66.3 Å². The highest BCUT2D eigenvalue weighted by Crippen LogP contribution is 2.31. The number of rotatable bonds is 4. The Kier molecular flexibility index (Phi) is 3.71. The van der Waals surface area contributed by atoms with Gasteiger partial charge >= 0.3 is 6.18 Å². The standard InChI is InChI=1S/C17H13F3N2O2/c1-10(16(21)23)11-2-4-14-12(8-11)6-7-22(14)9-13-3-5-15(24-13)17(18,19)20/h2-8H,1,9H2,(H2,21,23). The third-order valence-electron chi connectivity index (χ3n) is 3.68. The van der Waals surface area contributed by atoms with E-state index in [4.69, 9.17) is 10.2 Å². The lowest BCUT2D eigenvalue weighted by atomic mass is 10.1. The first-order valence-corrected chi connectivity index (χ1v) is 6.99. The molecule has 2 heterocycles. The molecule has 2 aromatic heterocycles. The average molecular weight is 334 g/mol. The van der Waals surface area contributed by atoms with Gasteiger partial charge in [0.25, 0.3) is 0 Å². The van der Waals surface area contributed by atoms with Crippen molar-refractivity contribution in [2.75, 3.05) is 0 Å². The van der Waals surface area contributed by atoms with Gasteiger partial charge in [-0.1, -0.05) is 12.6 Å². The largest absolute Gasteiger partial charge is 0.455 e. The quantitative estimate of drug-likeness (QED) is 0.738. The van der Waals surface area contributed by atoms with Crippen molar-refractivity contribution in [2.45, 2.75) is 12.7 Å². The summed E-state index contributed by atoms with van der Waals surface area (Å²) in [4.78, 5) is 11.2. The van der Waals surface area contributed by atoms with E-state index in [-0.39, 0.29) is 17.9 Å². The lowest BCUT2D eigenvalue weighted by Gasteiger charge is -2.06. The molecule has 0 unspecified atom stereocenters. The summed E-state index contributed by atoms with van der Waals surface area (Å²) in [5.74, 6) is -1.43. The number of hydrogen-bond donors (Lipinski definition) is 1. The van der Waals surface area contributed by atoms with Crippen LogP contribution < -0.4 is 5.73 Å². The molecule has 0 saturated carbocycles. The topological polar surface area (TPSA) is 61.2 Å². The molecule has 0 aliphatic carbocycles. The second kappa shape index (κ2) is 5.59. The number of primary amides is 1. The van der Waals surface area contributed by atoms with Crippen molar-refractivity contribution in [2.24, 2.45) is 5.73 Å². The molecular formula is C17H13F3N2O2. The number of nitrogens with zero attached hydrogens (tertiary/aromatic N) is 1. The molecule has 0 spiro atoms. The molecular weight excluding hydrogens is 321 g/mol. The maximum absolute atomic E-state index is 12.6. The molecule has 3 aromatic rings. The SMILES string of the molecule is C=C(C(N)=O)c1ccc2c(ccn2Cc2ccc(C(F)(F)F)o2)c1. The van der Waals surface area contributed by atoms with Crippen molar-refractivity contribution < 1.29 is 22.4 Å². The first-order chi connectivity index (χ1) is 11.3. The summed E-state index contributed by atoms with van der Waals surface area (Å²) in [7, 11) is 0. The number of benzene rings is 1. The second-order valence-corrected chi connectivity index (χ2v) is 5.32. The molecule has 1 amide bonds. The summed E-state index contributed by atoms with van der Waals surface area (Å²) in [5, 5.41) is 0.817. The number of halogens is 3. The van der Waals surface area contributed by atoms with Crippen LogP contribution >= 0.6 is 0 Å². The minimum atomic E-state index is -4.50. The van der Waals surface area contributed by atoms with E-state index in [9.17, 15) is 18.0 Å². The van der Waals surface area contributed by atoms with E-state index in [1.165, 1.54) is 6.07 Å². The van der Waals surface area contributed by atoms with Gasteiger partial charge in [-0.05, 0) is 35.9 Å². The molecule has 24 heavy (non-hydrogen) atoms. The number of aromatic nitrogens is 1. The van der Waals surface area contributed by atoms with Gasteiger partial charge in [0.2, 0.25) is 11.7 Å². The molecule has 0 fully saturated rings. The van der Waals surface area contributed by atoms with Gasteiger partial charge in [-0.15, -0.1) is 0 Å². The van der Waals surface area contributed by atoms with E-state index >= 15 is 0 Å². The van der Waals surface area contributed by atoms with Crippen LogP contribution in [0.5, 0.6) is 0 Å². The molecule has 0 bridgehead atoms. The van der Waals surface area contributed by atoms with Crippen LogP contribution in [0.2, 0.25) is 0 Å². The second-order valence-electron chi connectivity index (χ2n) is 5.32. The zero-order valence-electron chi connectivity index (χ0n) is 12.4. The Morgan fingerprint density at radius 1 is 1.21 bits per heavy atom. The lowest BCUT2D eigenvalue weighted by Crippen LogP contribution is -2.11. The van der Waals surface area contributed by atoms with Gasteiger partial charge < -0.3 is 14.7 Å². The maximum atomic E-state index is 12.6. The van der Waals surface area contributed by atoms with Crippen molar-refractivity contribution in [1.29, 1.82) is 0 Å². The predicted octanol–water partition coefficient (Wildman–Crippen LogP) is 3.80. The number of amides is 1. The Hall–Kier alpha value is -2.96. The van der Waals surface area contributed by atoms with E-state index in [1.54, 1.807) is 35.0 Å². The van der Waals surface area contributed by atoms with Crippen molar-refractivity contribution >= 4 is 22.4 Å². The third-order valence-corrected chi connectivity index (χ3v) is 3.68. The Bertz CT molecular complexity index is 935. The normalized spacial score (nSPS) is 11.8. The van der Waals surface area contributed by atoms with Crippen LogP contribution in [-0.4, -0.2) is 10.5 Å². The van der Waals surface area contributed by atoms with Crippen LogP contribution in [0.3, 0.4) is 0 Å². The van der Waals surface area contributed by atoms with Crippen molar-refractivity contribution in [3.8, 4) is 0 Å². The summed E-state index contributed by atoms with van der Waals surface area (Å²) in [5.41, 5.74) is 6.80. The van der Waals surface area contributed by atoms with Crippen molar-refractivity contribution in [1.82, 2.24) is 4.57 Å². The molecule has 0 saturated heterocycles. The van der Waals surface area contributed by atoms with Gasteiger partial charge in [0.1, 0.15) is 5.76 Å². The number of carbonyl (C=O) groups is 1. The minimum absolute atomic E-state index is 0.162. The van der Waals surface area contributed by atoms with Gasteiger partial charge in [-0.2, -0.15) is 13.2 Å². The van der Waals surface area contributed by atoms with E-state index in [0.717, 1.165) is 17.0 Å². The highest BCUT2D eigenvalue weighted by molar-refractivity contribution is 6.18. The molecule has 0 aliphatic rings. The summed E-state index contributed by atoms with van der Waals surface area (Å²) in [6, 6.07) is 9.21. The molecule has 3 rings (SSSR count). The molecule has 0 radical (unpaired) electrons. The number of furan rings is 1. The molecule has 0 aliphatic heterocycles. The smallest absolute Gasteiger partial charge is 0.449 e. The van der Waals surface area contributed by atoms with Gasteiger partial charge in [0, 0.05) is 22.7 Å². The number of nitrogens with two attached hydrogens (primary N) is 1. The van der Waals surface area contributed by atoms with Crippen LogP contribution in [0, 0.1) is 0 Å². The van der Waals surface area contributed by atoms with Crippen LogP contribution in [0.25, 0.3) is 16.5 Å². The predicted molar refractivity (Wildman–Crippen MR) is 83.0 cm³/mol. The molecule has 4 nitrogen and oxygen atoms in total. The molecule has 1 aromatic carbocycles. The fourth-order valence-corrected chi connectivity index (χ4v) is 2.45. The molecule has 2 N–H and O–H groups in total. The lowest BCUT2D eigenvalue weighted by molar-refractivity contribution is -0.153. The summed E-state index contributed by atoms with van der Waals surface area (Å²) >= 11 is 0. The fraction of sp³-hybridized carbons (Fsp3) is 0.118. The van der Waals surface area contributed by atoms with Crippen LogP contribution in [0.4, 0.5) is 13.2 Å². The van der Waals surface area contributed by atoms with Gasteiger partial charge in [0.15, 0.2) is 0 Å². The van der Waals surface area contributed by atoms with Crippen LogP contribution in [-0.2, 0) is 17.5 Å². The van der Waals surface area contributed by atoms with E-state index in [1.807, 2.05) is 0 Å². The zero-order valence-corrected chi connectivity index (χ0v) is 12.4. The van der Waals surface area contributed by atoms with E-state index < -0.39 is 17.8 Å². The van der Waals surface area contributed by atoms with E-state index in [0.29, 0.717) is 5.56 Å². The number of carbonyl (C=O) groups excluding carboxylic acids is 1. The van der Waals surface area contributed by atoms with Crippen LogP contribution in [0.1, 0.15) is 17.1 Å². The van der Waals surface area contributed by atoms with E-state index in [2.05, 4.69) is 6.58 Å². The summed E-state index contributed by atoms with van der Waals surface area (Å²) in [6.07, 6.45) is -2.77. The molecule has 0 atom stereocenters. The molecule has 7 heteroatoms. The monoisotopic (exact) mass is 334 g/mol. The fourth-order valence-electron chi connectivity index (χ4n) is 2.45. The minimum Gasteiger partial charge on any atom is -0.455 e. The Morgan fingerprint density at radius 3 is 2.58 bits per heavy atom. The Balaban J connectivity index is 1.90.